The Balaban J connectivity index is 1.80. The molecular formula is C12H17N5O4. The molecule has 21 heavy (non-hydrogen) atoms. The van der Waals surface area contributed by atoms with Crippen LogP contribution in [0.4, 0.5) is 0 Å². The number of hydrogen-bond acceptors (Lipinski definition) is 5. The van der Waals surface area contributed by atoms with Crippen molar-refractivity contribution in [3.63, 3.8) is 0 Å². The zero-order valence-electron chi connectivity index (χ0n) is 11.7. The molecule has 0 atom stereocenters. The molecule has 2 amide bonds. The Bertz CT molecular complexity index is 552. The first kappa shape index (κ1) is 14.9. The third-order valence-electron chi connectivity index (χ3n) is 2.96. The zero-order valence-corrected chi connectivity index (χ0v) is 11.7. The Hall–Kier alpha value is -2.45. The predicted octanol–water partition coefficient (Wildman–Crippen LogP) is -1.36. The second-order valence-corrected chi connectivity index (χ2v) is 5.07. The van der Waals surface area contributed by atoms with E-state index in [4.69, 9.17) is 5.11 Å². The molecule has 0 spiro atoms. The summed E-state index contributed by atoms with van der Waals surface area (Å²) in [4.78, 5) is 35.3. The molecule has 1 saturated carbocycles. The van der Waals surface area contributed by atoms with Crippen LogP contribution in [0.3, 0.4) is 0 Å². The van der Waals surface area contributed by atoms with E-state index in [1.165, 1.54) is 22.8 Å². The zero-order chi connectivity index (χ0) is 15.4. The number of carbonyl (C=O) groups excluding carboxylic acids is 2. The molecule has 9 nitrogen and oxygen atoms in total. The van der Waals surface area contributed by atoms with E-state index >= 15 is 0 Å². The molecule has 2 N–H and O–H groups in total. The van der Waals surface area contributed by atoms with Crippen molar-refractivity contribution in [1.29, 1.82) is 0 Å². The van der Waals surface area contributed by atoms with Gasteiger partial charge in [-0.1, -0.05) is 5.21 Å². The predicted molar refractivity (Wildman–Crippen MR) is 70.2 cm³/mol. The molecule has 0 saturated heterocycles. The number of aromatic nitrogens is 3. The summed E-state index contributed by atoms with van der Waals surface area (Å²) in [5.74, 6) is -1.49. The quantitative estimate of drug-likeness (QED) is 0.641. The topological polar surface area (TPSA) is 117 Å². The van der Waals surface area contributed by atoms with Gasteiger partial charge in [-0.25, -0.2) is 4.68 Å². The summed E-state index contributed by atoms with van der Waals surface area (Å²) in [6, 6.07) is 0.259. The van der Waals surface area contributed by atoms with Crippen molar-refractivity contribution in [3.8, 4) is 0 Å². The molecule has 9 heteroatoms. The third kappa shape index (κ3) is 4.86. The maximum absolute atomic E-state index is 11.9. The van der Waals surface area contributed by atoms with Gasteiger partial charge in [0.05, 0.1) is 18.7 Å². The fourth-order valence-electron chi connectivity index (χ4n) is 1.72. The summed E-state index contributed by atoms with van der Waals surface area (Å²) in [6.07, 6.45) is 3.15. The Morgan fingerprint density at radius 1 is 1.48 bits per heavy atom. The molecular weight excluding hydrogens is 278 g/mol. The van der Waals surface area contributed by atoms with E-state index in [2.05, 4.69) is 15.6 Å². The van der Waals surface area contributed by atoms with E-state index in [0.717, 1.165) is 12.8 Å². The number of nitrogens with one attached hydrogen (secondary N) is 1. The molecule has 0 aliphatic heterocycles. The number of nitrogens with zero attached hydrogens (tertiary/aromatic N) is 4. The Kier molecular flexibility index (Phi) is 4.51. The van der Waals surface area contributed by atoms with Gasteiger partial charge in [-0.2, -0.15) is 0 Å². The second kappa shape index (κ2) is 6.33. The standard InChI is InChI=1S/C12H17N5O4/c1-16(6-10(18)13-8-2-3-8)11(19)7-17-5-9(14-15-17)4-12(20)21/h5,8H,2-4,6-7H2,1H3,(H,13,18)(H,20,21). The van der Waals surface area contributed by atoms with Crippen molar-refractivity contribution in [2.24, 2.45) is 0 Å². The van der Waals surface area contributed by atoms with Crippen molar-refractivity contribution in [2.75, 3.05) is 13.6 Å². The lowest BCUT2D eigenvalue weighted by molar-refractivity contribution is -0.136. The van der Waals surface area contributed by atoms with Gasteiger partial charge in [0.25, 0.3) is 0 Å². The molecule has 0 aromatic carbocycles. The Labute approximate surface area is 120 Å². The molecule has 114 valence electrons. The van der Waals surface area contributed by atoms with E-state index in [9.17, 15) is 14.4 Å². The van der Waals surface area contributed by atoms with Gasteiger partial charge >= 0.3 is 5.97 Å². The van der Waals surface area contributed by atoms with Gasteiger partial charge in [0.1, 0.15) is 6.54 Å². The average molecular weight is 295 g/mol. The summed E-state index contributed by atoms with van der Waals surface area (Å²) in [7, 11) is 1.53. The minimum Gasteiger partial charge on any atom is -0.481 e. The van der Waals surface area contributed by atoms with Crippen molar-refractivity contribution in [2.45, 2.75) is 31.8 Å². The van der Waals surface area contributed by atoms with Crippen molar-refractivity contribution < 1.29 is 19.5 Å². The van der Waals surface area contributed by atoms with Crippen LogP contribution >= 0.6 is 0 Å². The first-order valence-electron chi connectivity index (χ1n) is 6.58. The fourth-order valence-corrected chi connectivity index (χ4v) is 1.72. The number of carboxylic acid groups (broad SMARTS) is 1. The first-order chi connectivity index (χ1) is 9.94. The molecule has 0 unspecified atom stereocenters. The van der Waals surface area contributed by atoms with Crippen molar-refractivity contribution in [1.82, 2.24) is 25.2 Å². The third-order valence-corrected chi connectivity index (χ3v) is 2.96. The lowest BCUT2D eigenvalue weighted by Gasteiger charge is -2.16. The first-order valence-corrected chi connectivity index (χ1v) is 6.58. The lowest BCUT2D eigenvalue weighted by atomic mass is 10.3. The van der Waals surface area contributed by atoms with Gasteiger partial charge < -0.3 is 15.3 Å². The van der Waals surface area contributed by atoms with E-state index < -0.39 is 5.97 Å². The Morgan fingerprint density at radius 2 is 2.19 bits per heavy atom. The summed E-state index contributed by atoms with van der Waals surface area (Å²) in [5.41, 5.74) is 0.282. The van der Waals surface area contributed by atoms with E-state index in [0.29, 0.717) is 0 Å². The molecule has 1 aliphatic rings. The van der Waals surface area contributed by atoms with Crippen molar-refractivity contribution >= 4 is 17.8 Å². The number of amides is 2. The van der Waals surface area contributed by atoms with Gasteiger partial charge in [-0.15, -0.1) is 5.10 Å². The van der Waals surface area contributed by atoms with Gasteiger partial charge in [0, 0.05) is 19.3 Å². The summed E-state index contributed by atoms with van der Waals surface area (Å²) < 4.78 is 1.26. The highest BCUT2D eigenvalue weighted by molar-refractivity contribution is 5.84. The molecule has 1 aromatic heterocycles. The molecule has 1 fully saturated rings. The lowest BCUT2D eigenvalue weighted by Crippen LogP contribution is -2.40. The number of rotatable bonds is 7. The van der Waals surface area contributed by atoms with Crippen LogP contribution in [-0.4, -0.2) is 62.4 Å². The number of aliphatic carboxylic acids is 1. The number of carboxylic acids is 1. The number of hydrogen-bond donors (Lipinski definition) is 2. The van der Waals surface area contributed by atoms with E-state index in [1.807, 2.05) is 0 Å². The summed E-state index contributed by atoms with van der Waals surface area (Å²) >= 11 is 0. The van der Waals surface area contributed by atoms with Gasteiger partial charge in [-0.3, -0.25) is 14.4 Å². The van der Waals surface area contributed by atoms with Crippen LogP contribution in [0.5, 0.6) is 0 Å². The summed E-state index contributed by atoms with van der Waals surface area (Å²) in [5, 5.41) is 18.8. The highest BCUT2D eigenvalue weighted by Crippen LogP contribution is 2.18. The highest BCUT2D eigenvalue weighted by atomic mass is 16.4. The molecule has 1 heterocycles. The van der Waals surface area contributed by atoms with E-state index in [1.54, 1.807) is 0 Å². The van der Waals surface area contributed by atoms with Gasteiger partial charge in [-0.05, 0) is 12.8 Å². The van der Waals surface area contributed by atoms with Crippen LogP contribution in [0.1, 0.15) is 18.5 Å². The monoisotopic (exact) mass is 295 g/mol. The van der Waals surface area contributed by atoms with Gasteiger partial charge in [0.2, 0.25) is 11.8 Å². The largest absolute Gasteiger partial charge is 0.481 e. The molecule has 2 rings (SSSR count). The maximum Gasteiger partial charge on any atom is 0.309 e. The van der Waals surface area contributed by atoms with Crippen molar-refractivity contribution in [3.05, 3.63) is 11.9 Å². The molecule has 1 aromatic rings. The molecule has 1 aliphatic carbocycles. The van der Waals surface area contributed by atoms with E-state index in [-0.39, 0.29) is 43.1 Å². The smallest absolute Gasteiger partial charge is 0.309 e. The molecule has 0 radical (unpaired) electrons. The van der Waals surface area contributed by atoms with Crippen LogP contribution in [0, 0.1) is 0 Å². The SMILES string of the molecule is CN(CC(=O)NC1CC1)C(=O)Cn1cc(CC(=O)O)nn1. The van der Waals surface area contributed by atoms with Crippen LogP contribution in [0.25, 0.3) is 0 Å². The number of carbonyl (C=O) groups is 3. The minimum atomic E-state index is -1.01. The highest BCUT2D eigenvalue weighted by Gasteiger charge is 2.24. The Morgan fingerprint density at radius 3 is 2.81 bits per heavy atom. The normalized spacial score (nSPS) is 13.8. The number of likely N-dealkylation sites (N-methyl/N-ethyl adjacent to an activating group) is 1. The average Bonchev–Trinajstić information content (AvgIpc) is 3.08. The minimum absolute atomic E-state index is 0.00792. The molecule has 0 bridgehead atoms. The summed E-state index contributed by atoms with van der Waals surface area (Å²) in [6.45, 7) is -0.0914. The van der Waals surface area contributed by atoms with Crippen LogP contribution in [-0.2, 0) is 27.3 Å². The second-order valence-electron chi connectivity index (χ2n) is 5.07. The van der Waals surface area contributed by atoms with Crippen LogP contribution in [0.2, 0.25) is 0 Å². The van der Waals surface area contributed by atoms with Crippen LogP contribution < -0.4 is 5.32 Å². The van der Waals surface area contributed by atoms with Crippen LogP contribution in [0.15, 0.2) is 6.20 Å². The van der Waals surface area contributed by atoms with Gasteiger partial charge in [0.15, 0.2) is 0 Å². The fraction of sp³-hybridized carbons (Fsp3) is 0.583. The maximum atomic E-state index is 11.9.